The number of benzene rings is 1. The van der Waals surface area contributed by atoms with Gasteiger partial charge in [0.25, 0.3) is 11.6 Å². The number of aromatic amines is 1. The highest BCUT2D eigenvalue weighted by molar-refractivity contribution is 9.10. The van der Waals surface area contributed by atoms with Crippen LogP contribution in [0.1, 0.15) is 16.1 Å². The van der Waals surface area contributed by atoms with Crippen molar-refractivity contribution in [2.45, 2.75) is 0 Å². The zero-order valence-electron chi connectivity index (χ0n) is 9.88. The van der Waals surface area contributed by atoms with E-state index in [2.05, 4.69) is 26.2 Å². The molecule has 0 aliphatic heterocycles. The highest BCUT2D eigenvalue weighted by atomic mass is 79.9. The predicted molar refractivity (Wildman–Crippen MR) is 74.3 cm³/mol. The van der Waals surface area contributed by atoms with Gasteiger partial charge in [-0.2, -0.15) is 5.26 Å². The lowest BCUT2D eigenvalue weighted by atomic mass is 10.1. The normalized spacial score (nSPS) is 9.80. The second kappa shape index (κ2) is 5.54. The van der Waals surface area contributed by atoms with Crippen LogP contribution in [0.25, 0.3) is 0 Å². The van der Waals surface area contributed by atoms with Gasteiger partial charge in [0, 0.05) is 22.8 Å². The summed E-state index contributed by atoms with van der Waals surface area (Å²) in [5.41, 5.74) is 0.341. The van der Waals surface area contributed by atoms with E-state index in [1.54, 1.807) is 12.3 Å². The summed E-state index contributed by atoms with van der Waals surface area (Å²) in [6, 6.07) is 7.05. The number of nitrogens with zero attached hydrogens (tertiary/aromatic N) is 2. The number of hydrogen-bond acceptors (Lipinski definition) is 4. The van der Waals surface area contributed by atoms with Crippen LogP contribution >= 0.6 is 15.9 Å². The first-order chi connectivity index (χ1) is 9.51. The van der Waals surface area contributed by atoms with Crippen LogP contribution < -0.4 is 5.32 Å². The minimum atomic E-state index is -0.603. The highest BCUT2D eigenvalue weighted by Gasteiger charge is 2.14. The van der Waals surface area contributed by atoms with Crippen molar-refractivity contribution in [3.8, 4) is 6.07 Å². The van der Waals surface area contributed by atoms with E-state index in [1.807, 2.05) is 6.07 Å². The third kappa shape index (κ3) is 2.84. The summed E-state index contributed by atoms with van der Waals surface area (Å²) >= 11 is 3.20. The first kappa shape index (κ1) is 13.8. The van der Waals surface area contributed by atoms with Crippen LogP contribution in [0.5, 0.6) is 0 Å². The number of rotatable bonds is 3. The lowest BCUT2D eigenvalue weighted by Gasteiger charge is -2.05. The molecular weight excluding hydrogens is 328 g/mol. The summed E-state index contributed by atoms with van der Waals surface area (Å²) in [5, 5.41) is 22.1. The molecular formula is C12H7BrN4O3. The minimum Gasteiger partial charge on any atom is -0.356 e. The Balaban J connectivity index is 2.28. The molecule has 0 saturated carbocycles. The van der Waals surface area contributed by atoms with Crippen LogP contribution in [0.15, 0.2) is 34.9 Å². The van der Waals surface area contributed by atoms with Crippen LogP contribution in [0.3, 0.4) is 0 Å². The number of nitriles is 1. The van der Waals surface area contributed by atoms with E-state index in [1.165, 1.54) is 12.1 Å². The number of halogens is 1. The molecule has 8 heteroatoms. The van der Waals surface area contributed by atoms with Crippen LogP contribution in [0.4, 0.5) is 11.4 Å². The largest absolute Gasteiger partial charge is 0.356 e. The van der Waals surface area contributed by atoms with Gasteiger partial charge in [0.05, 0.1) is 16.2 Å². The van der Waals surface area contributed by atoms with Crippen molar-refractivity contribution in [1.29, 1.82) is 5.26 Å². The van der Waals surface area contributed by atoms with E-state index < -0.39 is 10.8 Å². The summed E-state index contributed by atoms with van der Waals surface area (Å²) in [6.07, 6.45) is 1.59. The Morgan fingerprint density at radius 1 is 1.45 bits per heavy atom. The van der Waals surface area contributed by atoms with Crippen molar-refractivity contribution in [2.24, 2.45) is 0 Å². The van der Waals surface area contributed by atoms with Crippen LogP contribution in [-0.4, -0.2) is 15.8 Å². The maximum atomic E-state index is 11.9. The van der Waals surface area contributed by atoms with E-state index >= 15 is 0 Å². The Hall–Kier alpha value is -2.66. The van der Waals surface area contributed by atoms with Crippen molar-refractivity contribution >= 4 is 33.2 Å². The van der Waals surface area contributed by atoms with Crippen molar-refractivity contribution in [3.63, 3.8) is 0 Å². The number of H-pyrrole nitrogens is 1. The van der Waals surface area contributed by atoms with E-state index in [-0.39, 0.29) is 16.9 Å². The average molecular weight is 335 g/mol. The molecule has 2 aromatic rings. The Morgan fingerprint density at radius 2 is 2.20 bits per heavy atom. The second-order valence-corrected chi connectivity index (χ2v) is 4.70. The maximum Gasteiger partial charge on any atom is 0.272 e. The molecule has 0 atom stereocenters. The zero-order chi connectivity index (χ0) is 14.7. The minimum absolute atomic E-state index is 0.0261. The molecule has 7 nitrogen and oxygen atoms in total. The summed E-state index contributed by atoms with van der Waals surface area (Å²) in [4.78, 5) is 24.7. The molecule has 0 radical (unpaired) electrons. The summed E-state index contributed by atoms with van der Waals surface area (Å²) in [7, 11) is 0. The first-order valence-electron chi connectivity index (χ1n) is 5.35. The summed E-state index contributed by atoms with van der Waals surface area (Å²) in [6.45, 7) is 0. The number of carbonyl (C=O) groups excluding carboxylic acids is 1. The zero-order valence-corrected chi connectivity index (χ0v) is 11.5. The SMILES string of the molecule is N#Cc1cc([N+](=O)[O-])ccc1NC(=O)c1cc(Br)c[nH]1. The topological polar surface area (TPSA) is 112 Å². The standard InChI is InChI=1S/C12H7BrN4O3/c13-8-4-11(15-6-8)12(18)16-10-2-1-9(17(19)20)3-7(10)5-14/h1-4,6,15H,(H,16,18). The Bertz CT molecular complexity index is 733. The predicted octanol–water partition coefficient (Wildman–Crippen LogP) is 2.81. The fraction of sp³-hybridized carbons (Fsp3) is 0. The average Bonchev–Trinajstić information content (AvgIpc) is 2.85. The Kier molecular flexibility index (Phi) is 3.81. The molecule has 0 bridgehead atoms. The van der Waals surface area contributed by atoms with Crippen LogP contribution in [-0.2, 0) is 0 Å². The van der Waals surface area contributed by atoms with Gasteiger partial charge < -0.3 is 10.3 Å². The van der Waals surface area contributed by atoms with Gasteiger partial charge in [-0.3, -0.25) is 14.9 Å². The van der Waals surface area contributed by atoms with Gasteiger partial charge in [-0.1, -0.05) is 0 Å². The van der Waals surface area contributed by atoms with Crippen molar-refractivity contribution in [2.75, 3.05) is 5.32 Å². The van der Waals surface area contributed by atoms with Gasteiger partial charge in [-0.15, -0.1) is 0 Å². The highest BCUT2D eigenvalue weighted by Crippen LogP contribution is 2.22. The number of nitro groups is 1. The van der Waals surface area contributed by atoms with Gasteiger partial charge in [0.15, 0.2) is 0 Å². The first-order valence-corrected chi connectivity index (χ1v) is 6.14. The number of carbonyl (C=O) groups is 1. The van der Waals surface area contributed by atoms with Gasteiger partial charge in [-0.05, 0) is 28.1 Å². The van der Waals surface area contributed by atoms with Crippen molar-refractivity contribution in [1.82, 2.24) is 4.98 Å². The molecule has 1 aromatic heterocycles. The number of hydrogen-bond donors (Lipinski definition) is 2. The molecule has 2 N–H and O–H groups in total. The molecule has 0 aliphatic carbocycles. The van der Waals surface area contributed by atoms with Crippen molar-refractivity contribution < 1.29 is 9.72 Å². The molecule has 0 spiro atoms. The van der Waals surface area contributed by atoms with Crippen LogP contribution in [0.2, 0.25) is 0 Å². The van der Waals surface area contributed by atoms with E-state index in [9.17, 15) is 14.9 Å². The lowest BCUT2D eigenvalue weighted by molar-refractivity contribution is -0.384. The number of nitro benzene ring substituents is 1. The quantitative estimate of drug-likeness (QED) is 0.663. The summed E-state index contributed by atoms with van der Waals surface area (Å²) in [5.74, 6) is -0.443. The van der Waals surface area contributed by atoms with E-state index in [0.29, 0.717) is 10.2 Å². The monoisotopic (exact) mass is 334 g/mol. The number of nitrogens with one attached hydrogen (secondary N) is 2. The fourth-order valence-electron chi connectivity index (χ4n) is 1.54. The van der Waals surface area contributed by atoms with Gasteiger partial charge in [0.1, 0.15) is 11.8 Å². The molecule has 2 rings (SSSR count). The van der Waals surface area contributed by atoms with E-state index in [4.69, 9.17) is 5.26 Å². The van der Waals surface area contributed by atoms with Crippen LogP contribution in [0, 0.1) is 21.4 Å². The fourth-order valence-corrected chi connectivity index (χ4v) is 1.88. The third-order valence-electron chi connectivity index (χ3n) is 2.48. The van der Waals surface area contributed by atoms with Gasteiger partial charge >= 0.3 is 0 Å². The van der Waals surface area contributed by atoms with Gasteiger partial charge in [0.2, 0.25) is 0 Å². The Labute approximate surface area is 121 Å². The number of anilines is 1. The second-order valence-electron chi connectivity index (χ2n) is 3.78. The molecule has 1 aromatic carbocycles. The number of amides is 1. The molecule has 0 aliphatic rings. The smallest absolute Gasteiger partial charge is 0.272 e. The molecule has 0 unspecified atom stereocenters. The number of aromatic nitrogens is 1. The van der Waals surface area contributed by atoms with E-state index in [0.717, 1.165) is 6.07 Å². The Morgan fingerprint density at radius 3 is 2.75 bits per heavy atom. The molecule has 0 saturated heterocycles. The summed E-state index contributed by atoms with van der Waals surface area (Å²) < 4.78 is 0.715. The van der Waals surface area contributed by atoms with Gasteiger partial charge in [-0.25, -0.2) is 0 Å². The maximum absolute atomic E-state index is 11.9. The molecule has 0 fully saturated rings. The van der Waals surface area contributed by atoms with Crippen molar-refractivity contribution in [3.05, 3.63) is 56.3 Å². The number of non-ortho nitro benzene ring substituents is 1. The lowest BCUT2D eigenvalue weighted by Crippen LogP contribution is -2.13. The molecule has 1 amide bonds. The molecule has 20 heavy (non-hydrogen) atoms. The molecule has 1 heterocycles. The molecule has 100 valence electrons. The third-order valence-corrected chi connectivity index (χ3v) is 2.93.